The van der Waals surface area contributed by atoms with Gasteiger partial charge in [-0.2, -0.15) is 0 Å². The van der Waals surface area contributed by atoms with Crippen LogP contribution in [0.5, 0.6) is 0 Å². The van der Waals surface area contributed by atoms with Crippen molar-refractivity contribution in [3.63, 3.8) is 0 Å². The molecule has 1 unspecified atom stereocenters. The van der Waals surface area contributed by atoms with E-state index < -0.39 is 12.6 Å². The molecule has 1 N–H and O–H groups in total. The number of hydrogen-bond acceptors (Lipinski definition) is 1. The molecule has 0 bridgehead atoms. The highest BCUT2D eigenvalue weighted by Gasteiger charge is 2.11. The lowest BCUT2D eigenvalue weighted by Crippen LogP contribution is -2.03. The van der Waals surface area contributed by atoms with Gasteiger partial charge in [-0.3, -0.25) is 4.79 Å². The summed E-state index contributed by atoms with van der Waals surface area (Å²) in [6, 6.07) is 5.23. The number of rotatable bonds is 4. The minimum absolute atomic E-state index is 0.0625. The smallest absolute Gasteiger partial charge is 0.303 e. The van der Waals surface area contributed by atoms with E-state index in [1.54, 1.807) is 18.2 Å². The molecule has 0 amide bonds. The Morgan fingerprint density at radius 3 is 2.73 bits per heavy atom. The minimum Gasteiger partial charge on any atom is -0.481 e. The van der Waals surface area contributed by atoms with Crippen molar-refractivity contribution in [2.45, 2.75) is 25.9 Å². The standard InChI is InChI=1S/C11H12BrFO2/c1-7(4-11(14)15)8-2-3-9(6-13)10(12)5-8/h2-3,5,7H,4,6H2,1H3,(H,14,15). The number of carboxylic acids is 1. The van der Waals surface area contributed by atoms with Crippen LogP contribution < -0.4 is 0 Å². The van der Waals surface area contributed by atoms with Crippen LogP contribution in [0.3, 0.4) is 0 Å². The Balaban J connectivity index is 2.87. The van der Waals surface area contributed by atoms with Crippen LogP contribution in [0.25, 0.3) is 0 Å². The van der Waals surface area contributed by atoms with Crippen molar-refractivity contribution in [1.29, 1.82) is 0 Å². The largest absolute Gasteiger partial charge is 0.481 e. The number of carboxylic acid groups (broad SMARTS) is 1. The third-order valence-corrected chi connectivity index (χ3v) is 3.01. The van der Waals surface area contributed by atoms with Crippen molar-refractivity contribution < 1.29 is 14.3 Å². The second-order valence-electron chi connectivity index (χ2n) is 3.48. The first-order valence-corrected chi connectivity index (χ1v) is 5.40. The van der Waals surface area contributed by atoms with Crippen molar-refractivity contribution >= 4 is 21.9 Å². The quantitative estimate of drug-likeness (QED) is 0.913. The molecule has 15 heavy (non-hydrogen) atoms. The molecule has 0 aliphatic heterocycles. The van der Waals surface area contributed by atoms with E-state index in [2.05, 4.69) is 15.9 Å². The highest BCUT2D eigenvalue weighted by Crippen LogP contribution is 2.25. The molecule has 1 aromatic rings. The van der Waals surface area contributed by atoms with Crippen LogP contribution in [0.1, 0.15) is 30.4 Å². The molecule has 1 aromatic carbocycles. The molecule has 1 rings (SSSR count). The molecular formula is C11H12BrFO2. The topological polar surface area (TPSA) is 37.3 Å². The predicted octanol–water partition coefficient (Wildman–Crippen LogP) is 3.50. The van der Waals surface area contributed by atoms with E-state index in [4.69, 9.17) is 5.11 Å². The first kappa shape index (κ1) is 12.2. The molecule has 0 saturated heterocycles. The fourth-order valence-corrected chi connectivity index (χ4v) is 1.86. The van der Waals surface area contributed by atoms with E-state index in [0.717, 1.165) is 5.56 Å². The van der Waals surface area contributed by atoms with E-state index in [-0.39, 0.29) is 12.3 Å². The normalized spacial score (nSPS) is 12.5. The molecule has 1 atom stereocenters. The first-order chi connectivity index (χ1) is 7.04. The van der Waals surface area contributed by atoms with Crippen LogP contribution in [0.4, 0.5) is 4.39 Å². The van der Waals surface area contributed by atoms with Crippen molar-refractivity contribution in [2.24, 2.45) is 0 Å². The molecule has 2 nitrogen and oxygen atoms in total. The van der Waals surface area contributed by atoms with Crippen molar-refractivity contribution in [1.82, 2.24) is 0 Å². The average Bonchev–Trinajstić information content (AvgIpc) is 2.16. The lowest BCUT2D eigenvalue weighted by Gasteiger charge is -2.10. The zero-order valence-corrected chi connectivity index (χ0v) is 9.92. The molecule has 0 heterocycles. The van der Waals surface area contributed by atoms with Gasteiger partial charge in [0, 0.05) is 4.47 Å². The maximum atomic E-state index is 12.4. The van der Waals surface area contributed by atoms with E-state index >= 15 is 0 Å². The van der Waals surface area contributed by atoms with Crippen molar-refractivity contribution in [3.05, 3.63) is 33.8 Å². The van der Waals surface area contributed by atoms with Gasteiger partial charge in [-0.25, -0.2) is 4.39 Å². The zero-order valence-electron chi connectivity index (χ0n) is 8.34. The lowest BCUT2D eigenvalue weighted by molar-refractivity contribution is -0.137. The molecule has 0 aliphatic carbocycles. The molecular weight excluding hydrogens is 263 g/mol. The first-order valence-electron chi connectivity index (χ1n) is 4.60. The summed E-state index contributed by atoms with van der Waals surface area (Å²) < 4.78 is 13.1. The third kappa shape index (κ3) is 3.30. The molecule has 0 aromatic heterocycles. The Morgan fingerprint density at radius 1 is 1.60 bits per heavy atom. The summed E-state index contributed by atoms with van der Waals surface area (Å²) >= 11 is 3.25. The van der Waals surface area contributed by atoms with Crippen molar-refractivity contribution in [2.75, 3.05) is 0 Å². The van der Waals surface area contributed by atoms with Crippen LogP contribution in [0, 0.1) is 0 Å². The summed E-state index contributed by atoms with van der Waals surface area (Å²) in [7, 11) is 0. The molecule has 0 radical (unpaired) electrons. The van der Waals surface area contributed by atoms with Crippen LogP contribution in [0.15, 0.2) is 22.7 Å². The van der Waals surface area contributed by atoms with Gasteiger partial charge >= 0.3 is 5.97 Å². The maximum Gasteiger partial charge on any atom is 0.303 e. The van der Waals surface area contributed by atoms with Gasteiger partial charge in [-0.15, -0.1) is 0 Å². The zero-order chi connectivity index (χ0) is 11.4. The van der Waals surface area contributed by atoms with E-state index in [1.165, 1.54) is 0 Å². The highest BCUT2D eigenvalue weighted by molar-refractivity contribution is 9.10. The molecule has 82 valence electrons. The van der Waals surface area contributed by atoms with Crippen molar-refractivity contribution in [3.8, 4) is 0 Å². The molecule has 0 saturated carbocycles. The van der Waals surface area contributed by atoms with Crippen LogP contribution in [0.2, 0.25) is 0 Å². The van der Waals surface area contributed by atoms with Gasteiger partial charge in [0.1, 0.15) is 6.67 Å². The summed E-state index contributed by atoms with van der Waals surface area (Å²) in [6.07, 6.45) is 0.0847. The second-order valence-corrected chi connectivity index (χ2v) is 4.34. The fourth-order valence-electron chi connectivity index (χ4n) is 1.36. The Labute approximate surface area is 96.2 Å². The minimum atomic E-state index is -0.826. The average molecular weight is 275 g/mol. The van der Waals surface area contributed by atoms with Crippen LogP contribution in [-0.4, -0.2) is 11.1 Å². The fraction of sp³-hybridized carbons (Fsp3) is 0.364. The predicted molar refractivity (Wildman–Crippen MR) is 59.6 cm³/mol. The van der Waals surface area contributed by atoms with Gasteiger partial charge in [0.05, 0.1) is 6.42 Å². The molecule has 4 heteroatoms. The van der Waals surface area contributed by atoms with Gasteiger partial charge in [-0.1, -0.05) is 35.0 Å². The van der Waals surface area contributed by atoms with Gasteiger partial charge in [0.15, 0.2) is 0 Å². The second kappa shape index (κ2) is 5.26. The summed E-state index contributed by atoms with van der Waals surface area (Å²) in [6.45, 7) is 1.32. The number of carbonyl (C=O) groups is 1. The van der Waals surface area contributed by atoms with Gasteiger partial charge in [-0.05, 0) is 23.1 Å². The summed E-state index contributed by atoms with van der Waals surface area (Å²) in [5.74, 6) is -0.888. The number of hydrogen-bond donors (Lipinski definition) is 1. The third-order valence-electron chi connectivity index (χ3n) is 2.27. The molecule has 0 aliphatic rings. The Kier molecular flexibility index (Phi) is 4.27. The number of benzene rings is 1. The van der Waals surface area contributed by atoms with Gasteiger partial charge < -0.3 is 5.11 Å². The molecule has 0 spiro atoms. The molecule has 0 fully saturated rings. The Hall–Kier alpha value is -0.900. The van der Waals surface area contributed by atoms with Crippen LogP contribution in [-0.2, 0) is 11.5 Å². The number of halogens is 2. The summed E-state index contributed by atoms with van der Waals surface area (Å²) in [5.41, 5.74) is 1.49. The van der Waals surface area contributed by atoms with E-state index in [0.29, 0.717) is 10.0 Å². The summed E-state index contributed by atoms with van der Waals surface area (Å²) in [4.78, 5) is 10.5. The summed E-state index contributed by atoms with van der Waals surface area (Å²) in [5, 5.41) is 8.64. The maximum absolute atomic E-state index is 12.4. The SMILES string of the molecule is CC(CC(=O)O)c1ccc(CF)c(Br)c1. The van der Waals surface area contributed by atoms with E-state index in [1.807, 2.05) is 6.92 Å². The highest BCUT2D eigenvalue weighted by atomic mass is 79.9. The monoisotopic (exact) mass is 274 g/mol. The van der Waals surface area contributed by atoms with Crippen LogP contribution >= 0.6 is 15.9 Å². The lowest BCUT2D eigenvalue weighted by atomic mass is 9.97. The Morgan fingerprint density at radius 2 is 2.27 bits per heavy atom. The number of aliphatic carboxylic acids is 1. The number of alkyl halides is 1. The van der Waals surface area contributed by atoms with Gasteiger partial charge in [0.2, 0.25) is 0 Å². The van der Waals surface area contributed by atoms with E-state index in [9.17, 15) is 9.18 Å². The Bertz CT molecular complexity index is 366. The van der Waals surface area contributed by atoms with Gasteiger partial charge in [0.25, 0.3) is 0 Å².